The van der Waals surface area contributed by atoms with Crippen LogP contribution >= 0.6 is 24.8 Å². The summed E-state index contributed by atoms with van der Waals surface area (Å²) in [5, 5.41) is 5.26. The molecule has 1 aromatic heterocycles. The molecule has 1 heterocycles. The summed E-state index contributed by atoms with van der Waals surface area (Å²) in [7, 11) is 0. The van der Waals surface area contributed by atoms with Crippen LogP contribution < -0.4 is 16.4 Å². The van der Waals surface area contributed by atoms with Crippen LogP contribution in [0.15, 0.2) is 36.7 Å². The van der Waals surface area contributed by atoms with E-state index in [2.05, 4.69) is 20.6 Å². The number of nitrogens with zero attached hydrogens (tertiary/aromatic N) is 1. The minimum absolute atomic E-state index is 0. The van der Waals surface area contributed by atoms with Crippen LogP contribution in [-0.4, -0.2) is 34.4 Å². The lowest BCUT2D eigenvalue weighted by molar-refractivity contribution is -0.125. The maximum Gasteiger partial charge on any atom is 0.243 e. The van der Waals surface area contributed by atoms with Crippen molar-refractivity contribution >= 4 is 42.3 Å². The molecule has 2 rings (SSSR count). The van der Waals surface area contributed by atoms with Crippen molar-refractivity contribution in [2.24, 2.45) is 11.7 Å². The molecule has 0 aliphatic heterocycles. The molecule has 138 valence electrons. The van der Waals surface area contributed by atoms with Gasteiger partial charge in [0.1, 0.15) is 5.82 Å². The third kappa shape index (κ3) is 6.74. The highest BCUT2D eigenvalue weighted by Gasteiger charge is 2.17. The van der Waals surface area contributed by atoms with Crippen LogP contribution in [0.3, 0.4) is 0 Å². The lowest BCUT2D eigenvalue weighted by Crippen LogP contribution is -2.46. The van der Waals surface area contributed by atoms with E-state index >= 15 is 0 Å². The molecule has 0 aliphatic carbocycles. The van der Waals surface area contributed by atoms with Crippen molar-refractivity contribution in [3.8, 4) is 11.4 Å². The predicted octanol–water partition coefficient (Wildman–Crippen LogP) is 1.96. The average molecular weight is 388 g/mol. The van der Waals surface area contributed by atoms with E-state index in [1.54, 1.807) is 24.5 Å². The number of nitrogens with two attached hydrogens (primary N) is 1. The number of rotatable bonds is 6. The second-order valence-electron chi connectivity index (χ2n) is 5.55. The van der Waals surface area contributed by atoms with Crippen molar-refractivity contribution in [3.63, 3.8) is 0 Å². The summed E-state index contributed by atoms with van der Waals surface area (Å²) in [6.07, 6.45) is 3.39. The molecule has 2 aromatic rings. The molecular formula is C16H23Cl2N5O2. The van der Waals surface area contributed by atoms with Crippen molar-refractivity contribution in [1.82, 2.24) is 15.3 Å². The molecule has 0 spiro atoms. The van der Waals surface area contributed by atoms with Gasteiger partial charge in [-0.2, -0.15) is 0 Å². The number of H-pyrrole nitrogens is 1. The van der Waals surface area contributed by atoms with E-state index in [0.29, 0.717) is 5.69 Å². The number of hydrogen-bond donors (Lipinski definition) is 4. The largest absolute Gasteiger partial charge is 0.346 e. The molecule has 0 saturated carbocycles. The Labute approximate surface area is 159 Å². The number of imidazole rings is 1. The first-order valence-corrected chi connectivity index (χ1v) is 7.40. The van der Waals surface area contributed by atoms with E-state index in [9.17, 15) is 9.59 Å². The van der Waals surface area contributed by atoms with Crippen LogP contribution in [-0.2, 0) is 9.59 Å². The van der Waals surface area contributed by atoms with Gasteiger partial charge in [0.25, 0.3) is 0 Å². The number of nitrogens with one attached hydrogen (secondary N) is 3. The zero-order valence-corrected chi connectivity index (χ0v) is 15.6. The third-order valence-electron chi connectivity index (χ3n) is 3.36. The molecule has 9 heteroatoms. The molecule has 0 aliphatic rings. The van der Waals surface area contributed by atoms with Gasteiger partial charge in [-0.3, -0.25) is 9.59 Å². The number of hydrogen-bond acceptors (Lipinski definition) is 4. The average Bonchev–Trinajstić information content (AvgIpc) is 3.06. The fraction of sp³-hybridized carbons (Fsp3) is 0.312. The Morgan fingerprint density at radius 2 is 2.00 bits per heavy atom. The monoisotopic (exact) mass is 387 g/mol. The van der Waals surface area contributed by atoms with Gasteiger partial charge < -0.3 is 21.4 Å². The molecule has 0 bridgehead atoms. The summed E-state index contributed by atoms with van der Waals surface area (Å²) in [6.45, 7) is 3.58. The van der Waals surface area contributed by atoms with E-state index in [0.717, 1.165) is 11.4 Å². The van der Waals surface area contributed by atoms with Gasteiger partial charge in [-0.1, -0.05) is 26.0 Å². The topological polar surface area (TPSA) is 113 Å². The number of aromatic nitrogens is 2. The van der Waals surface area contributed by atoms with Crippen LogP contribution in [0, 0.1) is 5.92 Å². The zero-order chi connectivity index (χ0) is 16.8. The van der Waals surface area contributed by atoms with Crippen LogP contribution in [0.5, 0.6) is 0 Å². The van der Waals surface area contributed by atoms with Gasteiger partial charge in [0.15, 0.2) is 0 Å². The van der Waals surface area contributed by atoms with Crippen LogP contribution in [0.1, 0.15) is 13.8 Å². The van der Waals surface area contributed by atoms with Gasteiger partial charge in [0, 0.05) is 23.6 Å². The van der Waals surface area contributed by atoms with E-state index in [4.69, 9.17) is 5.73 Å². The summed E-state index contributed by atoms with van der Waals surface area (Å²) >= 11 is 0. The maximum absolute atomic E-state index is 11.9. The highest BCUT2D eigenvalue weighted by Crippen LogP contribution is 2.18. The van der Waals surface area contributed by atoms with Gasteiger partial charge in [-0.05, 0) is 18.1 Å². The van der Waals surface area contributed by atoms with Gasteiger partial charge >= 0.3 is 0 Å². The molecule has 0 fully saturated rings. The predicted molar refractivity (Wildman–Crippen MR) is 103 cm³/mol. The summed E-state index contributed by atoms with van der Waals surface area (Å²) in [6, 6.07) is 6.66. The van der Waals surface area contributed by atoms with E-state index in [1.807, 2.05) is 26.0 Å². The van der Waals surface area contributed by atoms with Gasteiger partial charge in [0.2, 0.25) is 11.8 Å². The molecule has 25 heavy (non-hydrogen) atoms. The Bertz CT molecular complexity index is 677. The number of benzene rings is 1. The number of carbonyl (C=O) groups excluding carboxylic acids is 2. The lowest BCUT2D eigenvalue weighted by atomic mass is 10.1. The molecule has 0 radical (unpaired) electrons. The standard InChI is InChI=1S/C16H21N5O2.2ClH/c1-10(2)14(17)16(23)20-9-13(22)21-12-5-3-4-11(8-12)15-18-6-7-19-15;;/h3-8,10,14H,9,17H2,1-2H3,(H,18,19)(H,20,23)(H,21,22);2*1H/t14-;;/m0../s1. The maximum atomic E-state index is 11.9. The number of carbonyl (C=O) groups is 2. The van der Waals surface area contributed by atoms with E-state index in [1.165, 1.54) is 0 Å². The smallest absolute Gasteiger partial charge is 0.243 e. The van der Waals surface area contributed by atoms with E-state index < -0.39 is 6.04 Å². The third-order valence-corrected chi connectivity index (χ3v) is 3.36. The first-order chi connectivity index (χ1) is 11.0. The quantitative estimate of drug-likeness (QED) is 0.606. The van der Waals surface area contributed by atoms with Crippen molar-refractivity contribution in [2.75, 3.05) is 11.9 Å². The summed E-state index contributed by atoms with van der Waals surface area (Å²) in [5.41, 5.74) is 7.21. The highest BCUT2D eigenvalue weighted by molar-refractivity contribution is 5.95. The Hall–Kier alpha value is -2.09. The van der Waals surface area contributed by atoms with Crippen LogP contribution in [0.4, 0.5) is 5.69 Å². The van der Waals surface area contributed by atoms with Gasteiger partial charge in [-0.15, -0.1) is 24.8 Å². The molecule has 5 N–H and O–H groups in total. The van der Waals surface area contributed by atoms with Crippen molar-refractivity contribution in [3.05, 3.63) is 36.7 Å². The summed E-state index contributed by atoms with van der Waals surface area (Å²) < 4.78 is 0. The fourth-order valence-corrected chi connectivity index (χ4v) is 1.96. The SMILES string of the molecule is CC(C)[C@H](N)C(=O)NCC(=O)Nc1cccc(-c2ncc[nH]2)c1.Cl.Cl. The normalized spacial score (nSPS) is 11.0. The Balaban J connectivity index is 0.00000288. The number of amides is 2. The fourth-order valence-electron chi connectivity index (χ4n) is 1.96. The van der Waals surface area contributed by atoms with Gasteiger partial charge in [-0.25, -0.2) is 4.98 Å². The second kappa shape index (κ2) is 10.7. The minimum Gasteiger partial charge on any atom is -0.346 e. The summed E-state index contributed by atoms with van der Waals surface area (Å²) in [4.78, 5) is 30.8. The Morgan fingerprint density at radius 1 is 1.28 bits per heavy atom. The molecular weight excluding hydrogens is 365 g/mol. The molecule has 0 saturated heterocycles. The molecule has 2 amide bonds. The van der Waals surface area contributed by atoms with Crippen molar-refractivity contribution in [2.45, 2.75) is 19.9 Å². The highest BCUT2D eigenvalue weighted by atomic mass is 35.5. The first-order valence-electron chi connectivity index (χ1n) is 7.40. The van der Waals surface area contributed by atoms with Gasteiger partial charge in [0.05, 0.1) is 12.6 Å². The Morgan fingerprint density at radius 3 is 2.60 bits per heavy atom. The molecule has 0 unspecified atom stereocenters. The zero-order valence-electron chi connectivity index (χ0n) is 14.0. The van der Waals surface area contributed by atoms with Crippen molar-refractivity contribution in [1.29, 1.82) is 0 Å². The van der Waals surface area contributed by atoms with E-state index in [-0.39, 0.29) is 49.1 Å². The number of aromatic amines is 1. The number of anilines is 1. The van der Waals surface area contributed by atoms with Crippen LogP contribution in [0.2, 0.25) is 0 Å². The Kier molecular flexibility index (Phi) is 9.81. The molecule has 7 nitrogen and oxygen atoms in total. The molecule has 1 aromatic carbocycles. The second-order valence-corrected chi connectivity index (χ2v) is 5.55. The lowest BCUT2D eigenvalue weighted by Gasteiger charge is -2.15. The first kappa shape index (κ1) is 22.9. The number of halogens is 2. The summed E-state index contributed by atoms with van der Waals surface area (Å²) in [5.74, 6) is 0.0886. The van der Waals surface area contributed by atoms with Crippen LogP contribution in [0.25, 0.3) is 11.4 Å². The minimum atomic E-state index is -0.620. The van der Waals surface area contributed by atoms with Crippen molar-refractivity contribution < 1.29 is 9.59 Å². The molecule has 1 atom stereocenters.